The van der Waals surface area contributed by atoms with Crippen molar-refractivity contribution in [3.63, 3.8) is 0 Å². The molecule has 1 rings (SSSR count). The summed E-state index contributed by atoms with van der Waals surface area (Å²) in [6, 6.07) is 6.96. The fourth-order valence-corrected chi connectivity index (χ4v) is 2.21. The third-order valence-electron chi connectivity index (χ3n) is 1.94. The van der Waals surface area contributed by atoms with E-state index < -0.39 is 0 Å². The molecule has 0 heterocycles. The summed E-state index contributed by atoms with van der Waals surface area (Å²) < 4.78 is 1.15. The van der Waals surface area contributed by atoms with Crippen molar-refractivity contribution in [1.29, 1.82) is 0 Å². The van der Waals surface area contributed by atoms with Crippen molar-refractivity contribution in [2.75, 3.05) is 6.26 Å². The van der Waals surface area contributed by atoms with Crippen LogP contribution in [0.3, 0.4) is 0 Å². The van der Waals surface area contributed by atoms with E-state index in [4.69, 9.17) is 0 Å². The Balaban J connectivity index is 2.77. The minimum absolute atomic E-state index is 0.531. The van der Waals surface area contributed by atoms with Gasteiger partial charge < -0.3 is 5.32 Å². The Morgan fingerprint density at radius 1 is 1.43 bits per heavy atom. The molecule has 3 heteroatoms. The minimum Gasteiger partial charge on any atom is -0.310 e. The number of halogens is 1. The molecule has 1 nitrogen and oxygen atoms in total. The first-order valence-corrected chi connectivity index (χ1v) is 6.71. The van der Waals surface area contributed by atoms with Gasteiger partial charge in [0.25, 0.3) is 0 Å². The minimum atomic E-state index is 0.531. The molecule has 1 aromatic carbocycles. The molecule has 0 aliphatic rings. The van der Waals surface area contributed by atoms with Gasteiger partial charge in [-0.3, -0.25) is 0 Å². The maximum atomic E-state index is 3.50. The van der Waals surface area contributed by atoms with E-state index in [0.717, 1.165) is 11.0 Å². The Labute approximate surface area is 98.8 Å². The molecule has 0 atom stereocenters. The summed E-state index contributed by atoms with van der Waals surface area (Å²) in [4.78, 5) is 1.35. The zero-order valence-electron chi connectivity index (χ0n) is 8.80. The van der Waals surface area contributed by atoms with Crippen molar-refractivity contribution >= 4 is 27.7 Å². The van der Waals surface area contributed by atoms with E-state index in [9.17, 15) is 0 Å². The molecule has 1 N–H and O–H groups in total. The second-order valence-electron chi connectivity index (χ2n) is 3.49. The third kappa shape index (κ3) is 3.64. The number of benzene rings is 1. The lowest BCUT2D eigenvalue weighted by atomic mass is 10.2. The summed E-state index contributed by atoms with van der Waals surface area (Å²) in [5.41, 5.74) is 1.36. The van der Waals surface area contributed by atoms with E-state index >= 15 is 0 Å². The maximum absolute atomic E-state index is 3.50. The average Bonchev–Trinajstić information content (AvgIpc) is 2.15. The van der Waals surface area contributed by atoms with Crippen molar-refractivity contribution in [3.05, 3.63) is 28.2 Å². The van der Waals surface area contributed by atoms with Crippen LogP contribution in [0.4, 0.5) is 0 Å². The zero-order valence-corrected chi connectivity index (χ0v) is 11.2. The monoisotopic (exact) mass is 273 g/mol. The van der Waals surface area contributed by atoms with Crippen LogP contribution in [0, 0.1) is 0 Å². The van der Waals surface area contributed by atoms with Crippen LogP contribution in [0.5, 0.6) is 0 Å². The summed E-state index contributed by atoms with van der Waals surface area (Å²) in [5.74, 6) is 0. The number of hydrogen-bond donors (Lipinski definition) is 1. The standard InChI is InChI=1S/C11H16BrNS/c1-8(2)13-7-9-6-10(12)4-5-11(9)14-3/h4-6,8,13H,7H2,1-3H3. The largest absolute Gasteiger partial charge is 0.310 e. The van der Waals surface area contributed by atoms with E-state index in [1.54, 1.807) is 11.8 Å². The van der Waals surface area contributed by atoms with Gasteiger partial charge >= 0.3 is 0 Å². The summed E-state index contributed by atoms with van der Waals surface area (Å²) in [7, 11) is 0. The highest BCUT2D eigenvalue weighted by atomic mass is 79.9. The first-order valence-electron chi connectivity index (χ1n) is 4.69. The fraction of sp³-hybridized carbons (Fsp3) is 0.455. The Kier molecular flexibility index (Phi) is 4.99. The molecule has 0 unspecified atom stereocenters. The molecule has 0 radical (unpaired) electrons. The van der Waals surface area contributed by atoms with Crippen LogP contribution < -0.4 is 5.32 Å². The van der Waals surface area contributed by atoms with Crippen LogP contribution in [0.25, 0.3) is 0 Å². The van der Waals surface area contributed by atoms with Crippen LogP contribution in [0.2, 0.25) is 0 Å². The Bertz CT molecular complexity index is 299. The predicted molar refractivity (Wildman–Crippen MR) is 67.9 cm³/mol. The number of thioether (sulfide) groups is 1. The van der Waals surface area contributed by atoms with E-state index in [-0.39, 0.29) is 0 Å². The molecular weight excluding hydrogens is 258 g/mol. The maximum Gasteiger partial charge on any atom is 0.0219 e. The summed E-state index contributed by atoms with van der Waals surface area (Å²) in [6.07, 6.45) is 2.11. The van der Waals surface area contributed by atoms with Crippen molar-refractivity contribution < 1.29 is 0 Å². The molecule has 0 saturated heterocycles. The second-order valence-corrected chi connectivity index (χ2v) is 5.26. The predicted octanol–water partition coefficient (Wildman–Crippen LogP) is 3.67. The van der Waals surface area contributed by atoms with Crippen molar-refractivity contribution in [2.45, 2.75) is 31.3 Å². The van der Waals surface area contributed by atoms with Gasteiger partial charge in [-0.1, -0.05) is 29.8 Å². The Hall–Kier alpha value is 0.01000. The molecule has 0 saturated carbocycles. The topological polar surface area (TPSA) is 12.0 Å². The van der Waals surface area contributed by atoms with Crippen LogP contribution in [0.15, 0.2) is 27.6 Å². The first kappa shape index (κ1) is 12.1. The molecule has 1 aromatic rings. The van der Waals surface area contributed by atoms with Crippen LogP contribution in [0.1, 0.15) is 19.4 Å². The highest BCUT2D eigenvalue weighted by molar-refractivity contribution is 9.10. The van der Waals surface area contributed by atoms with E-state index in [1.807, 2.05) is 0 Å². The zero-order chi connectivity index (χ0) is 10.6. The molecule has 78 valence electrons. The first-order chi connectivity index (χ1) is 6.63. The van der Waals surface area contributed by atoms with Gasteiger partial charge in [0, 0.05) is 22.0 Å². The highest BCUT2D eigenvalue weighted by Crippen LogP contribution is 2.24. The van der Waals surface area contributed by atoms with Gasteiger partial charge in [0.2, 0.25) is 0 Å². The van der Waals surface area contributed by atoms with E-state index in [2.05, 4.69) is 59.5 Å². The molecule has 0 aromatic heterocycles. The SMILES string of the molecule is CSc1ccc(Br)cc1CNC(C)C. The lowest BCUT2D eigenvalue weighted by Gasteiger charge is -2.11. The lowest BCUT2D eigenvalue weighted by Crippen LogP contribution is -2.22. The van der Waals surface area contributed by atoms with Gasteiger partial charge in [-0.2, -0.15) is 0 Å². The lowest BCUT2D eigenvalue weighted by molar-refractivity contribution is 0.584. The van der Waals surface area contributed by atoms with Gasteiger partial charge in [-0.05, 0) is 30.0 Å². The summed E-state index contributed by atoms with van der Waals surface area (Å²) >= 11 is 5.29. The van der Waals surface area contributed by atoms with E-state index in [1.165, 1.54) is 10.5 Å². The van der Waals surface area contributed by atoms with Gasteiger partial charge in [0.1, 0.15) is 0 Å². The van der Waals surface area contributed by atoms with Crippen LogP contribution in [-0.4, -0.2) is 12.3 Å². The number of rotatable bonds is 4. The molecule has 0 spiro atoms. The van der Waals surface area contributed by atoms with Crippen LogP contribution >= 0.6 is 27.7 Å². The Morgan fingerprint density at radius 2 is 2.14 bits per heavy atom. The number of nitrogens with one attached hydrogen (secondary N) is 1. The molecule has 14 heavy (non-hydrogen) atoms. The van der Waals surface area contributed by atoms with Crippen LogP contribution in [-0.2, 0) is 6.54 Å². The van der Waals surface area contributed by atoms with Crippen molar-refractivity contribution in [1.82, 2.24) is 5.32 Å². The molecule has 0 aliphatic carbocycles. The molecular formula is C11H16BrNS. The highest BCUT2D eigenvalue weighted by Gasteiger charge is 2.02. The van der Waals surface area contributed by atoms with Gasteiger partial charge in [-0.15, -0.1) is 11.8 Å². The quantitative estimate of drug-likeness (QED) is 0.841. The fourth-order valence-electron chi connectivity index (χ4n) is 1.20. The molecule has 0 bridgehead atoms. The van der Waals surface area contributed by atoms with E-state index in [0.29, 0.717) is 6.04 Å². The number of hydrogen-bond acceptors (Lipinski definition) is 2. The van der Waals surface area contributed by atoms with Crippen molar-refractivity contribution in [2.24, 2.45) is 0 Å². The second kappa shape index (κ2) is 5.79. The molecule has 0 fully saturated rings. The molecule has 0 aliphatic heterocycles. The van der Waals surface area contributed by atoms with Gasteiger partial charge in [0.15, 0.2) is 0 Å². The normalized spacial score (nSPS) is 10.9. The van der Waals surface area contributed by atoms with Gasteiger partial charge in [0.05, 0.1) is 0 Å². The Morgan fingerprint density at radius 3 is 2.71 bits per heavy atom. The summed E-state index contributed by atoms with van der Waals surface area (Å²) in [6.45, 7) is 5.26. The van der Waals surface area contributed by atoms with Crippen molar-refractivity contribution in [3.8, 4) is 0 Å². The summed E-state index contributed by atoms with van der Waals surface area (Å²) in [5, 5.41) is 3.43. The smallest absolute Gasteiger partial charge is 0.0219 e. The van der Waals surface area contributed by atoms with Gasteiger partial charge in [-0.25, -0.2) is 0 Å². The molecule has 0 amide bonds. The third-order valence-corrected chi connectivity index (χ3v) is 3.27. The average molecular weight is 274 g/mol.